The maximum absolute atomic E-state index is 11.8. The van der Waals surface area contributed by atoms with Gasteiger partial charge in [-0.05, 0) is 56.9 Å². The van der Waals surface area contributed by atoms with E-state index < -0.39 is 0 Å². The molecule has 2 fully saturated rings. The maximum atomic E-state index is 11.8. The van der Waals surface area contributed by atoms with Gasteiger partial charge in [0.1, 0.15) is 5.82 Å². The van der Waals surface area contributed by atoms with Crippen LogP contribution in [0.25, 0.3) is 0 Å². The molecule has 1 aromatic carbocycles. The smallest absolute Gasteiger partial charge is 0.227 e. The molecule has 25 heavy (non-hydrogen) atoms. The van der Waals surface area contributed by atoms with Gasteiger partial charge in [-0.1, -0.05) is 0 Å². The minimum absolute atomic E-state index is 0.127. The Balaban J connectivity index is 1.45. The van der Waals surface area contributed by atoms with Crippen LogP contribution < -0.4 is 15.5 Å². The minimum Gasteiger partial charge on any atom is -0.341 e. The summed E-state index contributed by atoms with van der Waals surface area (Å²) in [6.07, 6.45) is 4.43. The van der Waals surface area contributed by atoms with E-state index in [1.807, 2.05) is 37.3 Å². The van der Waals surface area contributed by atoms with E-state index >= 15 is 0 Å². The lowest BCUT2D eigenvalue weighted by Crippen LogP contribution is -2.21. The third-order valence-corrected chi connectivity index (χ3v) is 4.60. The van der Waals surface area contributed by atoms with Crippen LogP contribution in [-0.2, 0) is 4.79 Å². The van der Waals surface area contributed by atoms with Crippen LogP contribution in [0.15, 0.2) is 30.3 Å². The summed E-state index contributed by atoms with van der Waals surface area (Å²) in [6.45, 7) is 4.04. The highest BCUT2D eigenvalue weighted by atomic mass is 16.2. The molecule has 1 saturated heterocycles. The molecule has 6 nitrogen and oxygen atoms in total. The number of nitrogens with zero attached hydrogens (tertiary/aromatic N) is 3. The summed E-state index contributed by atoms with van der Waals surface area (Å²) in [4.78, 5) is 23.2. The van der Waals surface area contributed by atoms with Gasteiger partial charge in [0.2, 0.25) is 11.9 Å². The van der Waals surface area contributed by atoms with E-state index in [2.05, 4.69) is 25.5 Å². The number of carbonyl (C=O) groups is 1. The van der Waals surface area contributed by atoms with Crippen LogP contribution in [0.3, 0.4) is 0 Å². The zero-order valence-electron chi connectivity index (χ0n) is 14.5. The number of nitrogens with one attached hydrogen (secondary N) is 2. The molecule has 1 aliphatic heterocycles. The number of anilines is 4. The van der Waals surface area contributed by atoms with Crippen molar-refractivity contribution >= 4 is 29.0 Å². The Morgan fingerprint density at radius 1 is 1.08 bits per heavy atom. The van der Waals surface area contributed by atoms with Gasteiger partial charge in [0, 0.05) is 42.1 Å². The summed E-state index contributed by atoms with van der Waals surface area (Å²) in [5.74, 6) is 1.94. The highest BCUT2D eigenvalue weighted by Gasteiger charge is 2.29. The summed E-state index contributed by atoms with van der Waals surface area (Å²) < 4.78 is 0. The Kier molecular flexibility index (Phi) is 4.26. The quantitative estimate of drug-likeness (QED) is 0.874. The Labute approximate surface area is 147 Å². The largest absolute Gasteiger partial charge is 0.341 e. The summed E-state index contributed by atoms with van der Waals surface area (Å²) in [5, 5.41) is 6.29. The molecular weight excluding hydrogens is 314 g/mol. The molecule has 0 bridgehead atoms. The van der Waals surface area contributed by atoms with E-state index in [4.69, 9.17) is 0 Å². The van der Waals surface area contributed by atoms with Crippen LogP contribution >= 0.6 is 0 Å². The van der Waals surface area contributed by atoms with Gasteiger partial charge in [-0.25, -0.2) is 4.98 Å². The zero-order valence-corrected chi connectivity index (χ0v) is 14.5. The van der Waals surface area contributed by atoms with E-state index in [0.717, 1.165) is 54.8 Å². The second-order valence-corrected chi connectivity index (χ2v) is 6.85. The summed E-state index contributed by atoms with van der Waals surface area (Å²) in [5.41, 5.74) is 2.72. The predicted molar refractivity (Wildman–Crippen MR) is 99.3 cm³/mol. The molecule has 0 spiro atoms. The second-order valence-electron chi connectivity index (χ2n) is 6.85. The topological polar surface area (TPSA) is 70.2 Å². The lowest BCUT2D eigenvalue weighted by molar-refractivity contribution is -0.117. The third-order valence-electron chi connectivity index (χ3n) is 4.60. The summed E-state index contributed by atoms with van der Waals surface area (Å²) in [6, 6.07) is 9.68. The number of hydrogen-bond donors (Lipinski definition) is 2. The lowest BCUT2D eigenvalue weighted by atomic mass is 10.2. The standard InChI is InChI=1S/C19H23N5O/c1-13-12-17(23-19(20-13)24-10-2-3-11-24)21-15-6-8-16(9-7-15)22-18(25)14-4-5-14/h6-9,12,14H,2-5,10-11H2,1H3,(H,22,25)(H,20,21,23). The first-order valence-electron chi connectivity index (χ1n) is 8.96. The van der Waals surface area contributed by atoms with Crippen LogP contribution in [0.2, 0.25) is 0 Å². The van der Waals surface area contributed by atoms with E-state index in [1.54, 1.807) is 0 Å². The first-order chi connectivity index (χ1) is 12.2. The van der Waals surface area contributed by atoms with Gasteiger partial charge in [-0.15, -0.1) is 0 Å². The number of aromatic nitrogens is 2. The predicted octanol–water partition coefficient (Wildman–Crippen LogP) is 3.48. The van der Waals surface area contributed by atoms with Crippen LogP contribution in [0, 0.1) is 12.8 Å². The van der Waals surface area contributed by atoms with Gasteiger partial charge in [-0.2, -0.15) is 4.98 Å². The number of amides is 1. The molecule has 1 aliphatic carbocycles. The van der Waals surface area contributed by atoms with Crippen LogP contribution in [0.5, 0.6) is 0 Å². The number of aryl methyl sites for hydroxylation is 1. The zero-order chi connectivity index (χ0) is 17.2. The second kappa shape index (κ2) is 6.70. The number of carbonyl (C=O) groups excluding carboxylic acids is 1. The third kappa shape index (κ3) is 3.90. The Morgan fingerprint density at radius 2 is 1.76 bits per heavy atom. The molecule has 0 radical (unpaired) electrons. The Morgan fingerprint density at radius 3 is 2.44 bits per heavy atom. The van der Waals surface area contributed by atoms with Gasteiger partial charge in [-0.3, -0.25) is 4.79 Å². The minimum atomic E-state index is 0.127. The fourth-order valence-electron chi connectivity index (χ4n) is 3.05. The van der Waals surface area contributed by atoms with Crippen LogP contribution in [0.1, 0.15) is 31.4 Å². The molecule has 6 heteroatoms. The van der Waals surface area contributed by atoms with Crippen molar-refractivity contribution in [1.82, 2.24) is 9.97 Å². The molecular formula is C19H23N5O. The highest BCUT2D eigenvalue weighted by Crippen LogP contribution is 2.30. The number of hydrogen-bond acceptors (Lipinski definition) is 5. The van der Waals surface area contributed by atoms with Crippen molar-refractivity contribution < 1.29 is 4.79 Å². The molecule has 1 amide bonds. The van der Waals surface area contributed by atoms with Crippen molar-refractivity contribution in [3.8, 4) is 0 Å². The van der Waals surface area contributed by atoms with Crippen molar-refractivity contribution in [1.29, 1.82) is 0 Å². The van der Waals surface area contributed by atoms with Crippen molar-refractivity contribution in [2.24, 2.45) is 5.92 Å². The fourth-order valence-corrected chi connectivity index (χ4v) is 3.05. The fraction of sp³-hybridized carbons (Fsp3) is 0.421. The van der Waals surface area contributed by atoms with Crippen LogP contribution in [-0.4, -0.2) is 29.0 Å². The van der Waals surface area contributed by atoms with Crippen molar-refractivity contribution in [2.75, 3.05) is 28.6 Å². The van der Waals surface area contributed by atoms with Crippen LogP contribution in [0.4, 0.5) is 23.1 Å². The van der Waals surface area contributed by atoms with Crippen molar-refractivity contribution in [3.63, 3.8) is 0 Å². The molecule has 2 aromatic rings. The van der Waals surface area contributed by atoms with E-state index in [1.165, 1.54) is 12.8 Å². The molecule has 0 unspecified atom stereocenters. The molecule has 4 rings (SSSR count). The first kappa shape index (κ1) is 15.9. The van der Waals surface area contributed by atoms with Gasteiger partial charge in [0.05, 0.1) is 0 Å². The van der Waals surface area contributed by atoms with Gasteiger partial charge in [0.15, 0.2) is 0 Å². The summed E-state index contributed by atoms with van der Waals surface area (Å²) >= 11 is 0. The van der Waals surface area contributed by atoms with Crippen molar-refractivity contribution in [2.45, 2.75) is 32.6 Å². The SMILES string of the molecule is Cc1cc(Nc2ccc(NC(=O)C3CC3)cc2)nc(N2CCCC2)n1. The lowest BCUT2D eigenvalue weighted by Gasteiger charge is -2.17. The number of rotatable bonds is 5. The molecule has 2 heterocycles. The van der Waals surface area contributed by atoms with Crippen molar-refractivity contribution in [3.05, 3.63) is 36.0 Å². The average molecular weight is 337 g/mol. The monoisotopic (exact) mass is 337 g/mol. The molecule has 1 saturated carbocycles. The maximum Gasteiger partial charge on any atom is 0.227 e. The average Bonchev–Trinajstić information content (AvgIpc) is 3.31. The molecule has 2 N–H and O–H groups in total. The molecule has 2 aliphatic rings. The molecule has 0 atom stereocenters. The number of benzene rings is 1. The van der Waals surface area contributed by atoms with E-state index in [-0.39, 0.29) is 11.8 Å². The summed E-state index contributed by atoms with van der Waals surface area (Å²) in [7, 11) is 0. The van der Waals surface area contributed by atoms with Gasteiger partial charge in [0.25, 0.3) is 0 Å². The molecule has 130 valence electrons. The first-order valence-corrected chi connectivity index (χ1v) is 8.96. The van der Waals surface area contributed by atoms with E-state index in [9.17, 15) is 4.79 Å². The normalized spacial score (nSPS) is 16.8. The Bertz CT molecular complexity index is 764. The van der Waals surface area contributed by atoms with Gasteiger partial charge < -0.3 is 15.5 Å². The molecule has 1 aromatic heterocycles. The highest BCUT2D eigenvalue weighted by molar-refractivity contribution is 5.94. The Hall–Kier alpha value is -2.63. The van der Waals surface area contributed by atoms with E-state index in [0.29, 0.717) is 0 Å². The van der Waals surface area contributed by atoms with Gasteiger partial charge >= 0.3 is 0 Å².